The Morgan fingerprint density at radius 1 is 1.23 bits per heavy atom. The number of benzene rings is 2. The third kappa shape index (κ3) is 6.75. The molecule has 2 aromatic rings. The van der Waals surface area contributed by atoms with Crippen LogP contribution in [0.3, 0.4) is 0 Å². The number of ether oxygens (including phenoxy) is 1. The van der Waals surface area contributed by atoms with Crippen LogP contribution in [0.1, 0.15) is 33.1 Å². The van der Waals surface area contributed by atoms with E-state index >= 15 is 0 Å². The van der Waals surface area contributed by atoms with Gasteiger partial charge in [-0.3, -0.25) is 24.6 Å². The van der Waals surface area contributed by atoms with E-state index in [2.05, 4.69) is 10.3 Å². The zero-order valence-corrected chi connectivity index (χ0v) is 23.9. The highest BCUT2D eigenvalue weighted by molar-refractivity contribution is 8.15. The number of nitrogens with zero attached hydrogens (tertiary/aromatic N) is 4. The zero-order chi connectivity index (χ0) is 28.9. The number of methoxy groups -OCH3 is 1. The van der Waals surface area contributed by atoms with Crippen molar-refractivity contribution in [2.75, 3.05) is 26.5 Å². The van der Waals surface area contributed by atoms with Crippen LogP contribution in [0.15, 0.2) is 52.4 Å². The maximum absolute atomic E-state index is 13.4. The van der Waals surface area contributed by atoms with E-state index in [0.29, 0.717) is 23.7 Å². The molecular formula is C25H31N5O7S2. The number of nitro groups is 1. The van der Waals surface area contributed by atoms with Crippen molar-refractivity contribution < 1.29 is 27.7 Å². The van der Waals surface area contributed by atoms with Gasteiger partial charge < -0.3 is 10.1 Å². The maximum atomic E-state index is 13.4. The molecule has 210 valence electrons. The van der Waals surface area contributed by atoms with E-state index in [-0.39, 0.29) is 40.4 Å². The summed E-state index contributed by atoms with van der Waals surface area (Å²) in [6.07, 6.45) is 1.05. The van der Waals surface area contributed by atoms with Crippen LogP contribution in [0.5, 0.6) is 5.75 Å². The molecule has 0 unspecified atom stereocenters. The molecule has 1 atom stereocenters. The van der Waals surface area contributed by atoms with Crippen molar-refractivity contribution in [3.8, 4) is 5.75 Å². The lowest BCUT2D eigenvalue weighted by atomic mass is 10.1. The lowest BCUT2D eigenvalue weighted by molar-refractivity contribution is -0.384. The van der Waals surface area contributed by atoms with Crippen molar-refractivity contribution in [1.29, 1.82) is 0 Å². The lowest BCUT2D eigenvalue weighted by Gasteiger charge is -2.25. The van der Waals surface area contributed by atoms with E-state index in [4.69, 9.17) is 4.74 Å². The Bertz CT molecular complexity index is 1390. The fourth-order valence-corrected chi connectivity index (χ4v) is 6.14. The maximum Gasteiger partial charge on any atom is 0.296 e. The molecule has 39 heavy (non-hydrogen) atoms. The third-order valence-electron chi connectivity index (χ3n) is 6.14. The van der Waals surface area contributed by atoms with Crippen LogP contribution in [0.4, 0.5) is 17.1 Å². The van der Waals surface area contributed by atoms with E-state index in [1.807, 2.05) is 13.8 Å². The van der Waals surface area contributed by atoms with E-state index in [1.54, 1.807) is 17.0 Å². The molecule has 0 bridgehead atoms. The summed E-state index contributed by atoms with van der Waals surface area (Å²) in [6.45, 7) is 3.88. The van der Waals surface area contributed by atoms with Crippen molar-refractivity contribution >= 4 is 55.8 Å². The van der Waals surface area contributed by atoms with Gasteiger partial charge in [0.1, 0.15) is 16.7 Å². The van der Waals surface area contributed by atoms with Crippen LogP contribution in [0.2, 0.25) is 0 Å². The number of anilines is 1. The topological polar surface area (TPSA) is 152 Å². The Balaban J connectivity index is 1.89. The van der Waals surface area contributed by atoms with Crippen LogP contribution in [-0.2, 0) is 19.6 Å². The summed E-state index contributed by atoms with van der Waals surface area (Å²) in [7, 11) is 0.562. The van der Waals surface area contributed by atoms with Gasteiger partial charge in [-0.2, -0.15) is 0 Å². The van der Waals surface area contributed by atoms with E-state index in [9.17, 15) is 28.1 Å². The van der Waals surface area contributed by atoms with Crippen molar-refractivity contribution in [2.24, 2.45) is 4.99 Å². The number of amidine groups is 1. The molecule has 3 rings (SSSR count). The second-order valence-corrected chi connectivity index (χ2v) is 12.2. The van der Waals surface area contributed by atoms with Gasteiger partial charge in [0.2, 0.25) is 21.8 Å². The number of thioether (sulfide) groups is 1. The zero-order valence-electron chi connectivity index (χ0n) is 22.3. The first-order valence-corrected chi connectivity index (χ1v) is 14.5. The van der Waals surface area contributed by atoms with Crippen LogP contribution >= 0.6 is 11.8 Å². The van der Waals surface area contributed by atoms with Gasteiger partial charge in [-0.25, -0.2) is 17.7 Å². The van der Waals surface area contributed by atoms with Gasteiger partial charge >= 0.3 is 0 Å². The Morgan fingerprint density at radius 3 is 2.51 bits per heavy atom. The first kappa shape index (κ1) is 30.1. The molecule has 2 aromatic carbocycles. The molecule has 12 nitrogen and oxygen atoms in total. The molecule has 1 aliphatic rings. The van der Waals surface area contributed by atoms with Crippen LogP contribution < -0.4 is 10.1 Å². The van der Waals surface area contributed by atoms with Gasteiger partial charge in [0.15, 0.2) is 5.17 Å². The number of amides is 2. The molecule has 0 radical (unpaired) electrons. The Labute approximate surface area is 231 Å². The van der Waals surface area contributed by atoms with Gasteiger partial charge in [-0.15, -0.1) is 0 Å². The molecule has 14 heteroatoms. The van der Waals surface area contributed by atoms with E-state index < -0.39 is 26.1 Å². The molecule has 0 spiro atoms. The minimum atomic E-state index is -3.69. The number of rotatable bonds is 11. The molecule has 1 aliphatic heterocycles. The van der Waals surface area contributed by atoms with E-state index in [0.717, 1.165) is 16.1 Å². The van der Waals surface area contributed by atoms with Gasteiger partial charge in [-0.05, 0) is 43.2 Å². The largest absolute Gasteiger partial charge is 0.496 e. The van der Waals surface area contributed by atoms with Gasteiger partial charge in [-0.1, -0.05) is 31.7 Å². The summed E-state index contributed by atoms with van der Waals surface area (Å²) in [5.74, 6) is -0.604. The predicted octanol–water partition coefficient (Wildman–Crippen LogP) is 4.00. The molecule has 0 saturated carbocycles. The summed E-state index contributed by atoms with van der Waals surface area (Å²) in [5.41, 5.74) is 0.00982. The summed E-state index contributed by atoms with van der Waals surface area (Å²) >= 11 is 1.11. The number of nitro benzene ring substituents is 1. The Kier molecular flexibility index (Phi) is 9.69. The summed E-state index contributed by atoms with van der Waals surface area (Å²) in [4.78, 5) is 43.4. The monoisotopic (exact) mass is 577 g/mol. The Morgan fingerprint density at radius 2 is 1.92 bits per heavy atom. The lowest BCUT2D eigenvalue weighted by Crippen LogP contribution is -2.41. The second kappa shape index (κ2) is 12.6. The van der Waals surface area contributed by atoms with Crippen LogP contribution in [-0.4, -0.2) is 72.0 Å². The molecule has 1 fully saturated rings. The fraction of sp³-hybridized carbons (Fsp3) is 0.400. The van der Waals surface area contributed by atoms with Crippen LogP contribution in [0.25, 0.3) is 0 Å². The van der Waals surface area contributed by atoms with E-state index in [1.165, 1.54) is 51.5 Å². The van der Waals surface area contributed by atoms with Gasteiger partial charge in [0, 0.05) is 26.6 Å². The van der Waals surface area contributed by atoms with Crippen molar-refractivity contribution in [3.05, 3.63) is 52.6 Å². The molecule has 1 N–H and O–H groups in total. The minimum Gasteiger partial charge on any atom is -0.496 e. The molecule has 1 saturated heterocycles. The molecule has 0 aliphatic carbocycles. The predicted molar refractivity (Wildman–Crippen MR) is 150 cm³/mol. The second-order valence-electron chi connectivity index (χ2n) is 8.86. The summed E-state index contributed by atoms with van der Waals surface area (Å²) in [5, 5.41) is 13.6. The molecule has 2 amide bonds. The van der Waals surface area contributed by atoms with Crippen molar-refractivity contribution in [1.82, 2.24) is 9.21 Å². The average molecular weight is 578 g/mol. The van der Waals surface area contributed by atoms with Crippen molar-refractivity contribution in [3.63, 3.8) is 0 Å². The normalized spacial score (nSPS) is 16.8. The number of carbonyl (C=O) groups is 2. The smallest absolute Gasteiger partial charge is 0.296 e. The van der Waals surface area contributed by atoms with Crippen molar-refractivity contribution in [2.45, 2.75) is 49.3 Å². The highest BCUT2D eigenvalue weighted by Crippen LogP contribution is 2.36. The standard InChI is InChI=1S/C25H31N5O7S2/c1-6-17(7-2)29-24(32)22(15-23(31)27-20-12-11-18(37-5)14-21(20)30(33)34)38-25(29)26-16-9-8-10-19(13-16)39(35,36)28(3)4/h8-14,17,22H,6-7,15H2,1-5H3,(H,27,31)/t22-/m0/s1. The number of hydrogen-bond acceptors (Lipinski definition) is 9. The highest BCUT2D eigenvalue weighted by atomic mass is 32.2. The quantitative estimate of drug-likeness (QED) is 0.311. The minimum absolute atomic E-state index is 0.00842. The number of nitrogens with one attached hydrogen (secondary N) is 1. The fourth-order valence-electron chi connectivity index (χ4n) is 3.98. The molecular weight excluding hydrogens is 546 g/mol. The molecule has 1 heterocycles. The third-order valence-corrected chi connectivity index (χ3v) is 9.10. The average Bonchev–Trinajstić information content (AvgIpc) is 3.19. The first-order valence-electron chi connectivity index (χ1n) is 12.2. The summed E-state index contributed by atoms with van der Waals surface area (Å²) < 4.78 is 31.3. The number of carbonyl (C=O) groups excluding carboxylic acids is 2. The van der Waals surface area contributed by atoms with Gasteiger partial charge in [0.05, 0.1) is 28.7 Å². The number of hydrogen-bond donors (Lipinski definition) is 1. The number of sulfonamides is 1. The SMILES string of the molecule is CCC(CC)N1C(=O)[C@H](CC(=O)Nc2ccc(OC)cc2[N+](=O)[O-])SC1=Nc1cccc(S(=O)(=O)N(C)C)c1. The van der Waals surface area contributed by atoms with Gasteiger partial charge in [0.25, 0.3) is 5.69 Å². The highest BCUT2D eigenvalue weighted by Gasteiger charge is 2.42. The van der Waals surface area contributed by atoms with Crippen LogP contribution in [0, 0.1) is 10.1 Å². The first-order chi connectivity index (χ1) is 18.4. The number of aliphatic imine (C=N–C) groups is 1. The molecule has 0 aromatic heterocycles. The summed E-state index contributed by atoms with van der Waals surface area (Å²) in [6, 6.07) is 10.0. The Hall–Kier alpha value is -3.49.